The lowest BCUT2D eigenvalue weighted by atomic mass is 10.1. The first kappa shape index (κ1) is 11.4. The van der Waals surface area contributed by atoms with E-state index < -0.39 is 0 Å². The molecule has 0 aliphatic carbocycles. The number of nitrogens with zero attached hydrogens (tertiary/aromatic N) is 2. The molecule has 1 N–H and O–H groups in total. The molecule has 5 heteroatoms. The molecule has 1 unspecified atom stereocenters. The first-order valence-electron chi connectivity index (χ1n) is 5.51. The molecule has 84 valence electrons. The molecule has 2 rings (SSSR count). The lowest BCUT2D eigenvalue weighted by molar-refractivity contribution is 0.553. The maximum absolute atomic E-state index is 4.10. The topological polar surface area (TPSA) is 37.8 Å². The van der Waals surface area contributed by atoms with Crippen molar-refractivity contribution in [3.05, 3.63) is 5.01 Å². The minimum atomic E-state index is 0.779. The fourth-order valence-electron chi connectivity index (χ4n) is 1.83. The van der Waals surface area contributed by atoms with Gasteiger partial charge in [0.1, 0.15) is 5.01 Å². The quantitative estimate of drug-likeness (QED) is 0.637. The Hall–Kier alpha value is -0.130. The molecule has 1 atom stereocenters. The SMILES string of the molecule is Cc1nnc(SCCCC2CCCN2)s1. The molecule has 0 bridgehead atoms. The number of rotatable bonds is 5. The molecule has 1 aliphatic heterocycles. The molecule has 1 aromatic heterocycles. The van der Waals surface area contributed by atoms with Crippen LogP contribution in [0.15, 0.2) is 4.34 Å². The Morgan fingerprint density at radius 1 is 1.53 bits per heavy atom. The Bertz CT molecular complexity index is 295. The highest BCUT2D eigenvalue weighted by molar-refractivity contribution is 8.01. The third kappa shape index (κ3) is 3.74. The Kier molecular flexibility index (Phi) is 4.41. The fourth-order valence-corrected chi connectivity index (χ4v) is 3.68. The zero-order valence-electron chi connectivity index (χ0n) is 9.03. The van der Waals surface area contributed by atoms with Crippen LogP contribution in [0.3, 0.4) is 0 Å². The minimum absolute atomic E-state index is 0.779. The summed E-state index contributed by atoms with van der Waals surface area (Å²) in [4.78, 5) is 0. The largest absolute Gasteiger partial charge is 0.314 e. The molecular weight excluding hydrogens is 226 g/mol. The van der Waals surface area contributed by atoms with E-state index in [4.69, 9.17) is 0 Å². The Morgan fingerprint density at radius 2 is 2.47 bits per heavy atom. The highest BCUT2D eigenvalue weighted by Gasteiger charge is 2.13. The molecule has 2 heterocycles. The Balaban J connectivity index is 1.58. The summed E-state index contributed by atoms with van der Waals surface area (Å²) in [5.41, 5.74) is 0. The third-order valence-electron chi connectivity index (χ3n) is 2.59. The van der Waals surface area contributed by atoms with Gasteiger partial charge in [-0.25, -0.2) is 0 Å². The van der Waals surface area contributed by atoms with Gasteiger partial charge < -0.3 is 5.32 Å². The minimum Gasteiger partial charge on any atom is -0.314 e. The van der Waals surface area contributed by atoms with Crippen molar-refractivity contribution >= 4 is 23.1 Å². The number of nitrogens with one attached hydrogen (secondary N) is 1. The van der Waals surface area contributed by atoms with E-state index in [0.29, 0.717) is 0 Å². The van der Waals surface area contributed by atoms with Crippen LogP contribution in [0.1, 0.15) is 30.7 Å². The summed E-state index contributed by atoms with van der Waals surface area (Å²) >= 11 is 3.54. The molecule has 3 nitrogen and oxygen atoms in total. The van der Waals surface area contributed by atoms with Crippen molar-refractivity contribution in [3.63, 3.8) is 0 Å². The van der Waals surface area contributed by atoms with Crippen LogP contribution in [0.5, 0.6) is 0 Å². The Morgan fingerprint density at radius 3 is 3.13 bits per heavy atom. The van der Waals surface area contributed by atoms with Gasteiger partial charge in [-0.15, -0.1) is 10.2 Å². The maximum atomic E-state index is 4.10. The van der Waals surface area contributed by atoms with Crippen molar-refractivity contribution in [2.45, 2.75) is 43.0 Å². The first-order valence-corrected chi connectivity index (χ1v) is 7.31. The highest BCUT2D eigenvalue weighted by atomic mass is 32.2. The van der Waals surface area contributed by atoms with Crippen LogP contribution in [0.25, 0.3) is 0 Å². The predicted octanol–water partition coefficient (Wildman–Crippen LogP) is 2.47. The van der Waals surface area contributed by atoms with Gasteiger partial charge >= 0.3 is 0 Å². The molecular formula is C10H17N3S2. The van der Waals surface area contributed by atoms with Gasteiger partial charge in [-0.2, -0.15) is 0 Å². The van der Waals surface area contributed by atoms with Crippen LogP contribution < -0.4 is 5.32 Å². The summed E-state index contributed by atoms with van der Waals surface area (Å²) in [6, 6.07) is 0.779. The van der Waals surface area contributed by atoms with Gasteiger partial charge in [0.25, 0.3) is 0 Å². The predicted molar refractivity (Wildman–Crippen MR) is 65.6 cm³/mol. The average molecular weight is 243 g/mol. The summed E-state index contributed by atoms with van der Waals surface area (Å²) < 4.78 is 1.12. The van der Waals surface area contributed by atoms with Crippen LogP contribution in [-0.2, 0) is 0 Å². The van der Waals surface area contributed by atoms with Gasteiger partial charge in [-0.3, -0.25) is 0 Å². The van der Waals surface area contributed by atoms with Crippen molar-refractivity contribution in [3.8, 4) is 0 Å². The van der Waals surface area contributed by atoms with Crippen LogP contribution in [0, 0.1) is 6.92 Å². The van der Waals surface area contributed by atoms with E-state index in [0.717, 1.165) is 15.4 Å². The third-order valence-corrected chi connectivity index (χ3v) is 4.65. The monoisotopic (exact) mass is 243 g/mol. The smallest absolute Gasteiger partial charge is 0.174 e. The molecule has 0 spiro atoms. The van der Waals surface area contributed by atoms with E-state index in [2.05, 4.69) is 15.5 Å². The van der Waals surface area contributed by atoms with E-state index in [1.54, 1.807) is 11.3 Å². The highest BCUT2D eigenvalue weighted by Crippen LogP contribution is 2.23. The second-order valence-corrected chi connectivity index (χ2v) is 6.39. The zero-order valence-corrected chi connectivity index (χ0v) is 10.7. The molecule has 0 saturated carbocycles. The normalized spacial score (nSPS) is 21.0. The lowest BCUT2D eigenvalue weighted by Crippen LogP contribution is -2.20. The summed E-state index contributed by atoms with van der Waals surface area (Å²) in [7, 11) is 0. The molecule has 1 saturated heterocycles. The number of thioether (sulfide) groups is 1. The van der Waals surface area contributed by atoms with Gasteiger partial charge in [0.05, 0.1) is 0 Å². The van der Waals surface area contributed by atoms with Crippen molar-refractivity contribution in [1.82, 2.24) is 15.5 Å². The zero-order chi connectivity index (χ0) is 10.5. The molecule has 0 amide bonds. The molecule has 1 aromatic rings. The van der Waals surface area contributed by atoms with E-state index >= 15 is 0 Å². The molecule has 15 heavy (non-hydrogen) atoms. The summed E-state index contributed by atoms with van der Waals surface area (Å²) in [6.07, 6.45) is 5.31. The molecule has 0 radical (unpaired) electrons. The summed E-state index contributed by atoms with van der Waals surface area (Å²) in [5, 5.41) is 12.7. The van der Waals surface area contributed by atoms with Gasteiger partial charge in [-0.1, -0.05) is 23.1 Å². The van der Waals surface area contributed by atoms with Crippen molar-refractivity contribution < 1.29 is 0 Å². The van der Waals surface area contributed by atoms with E-state index in [9.17, 15) is 0 Å². The van der Waals surface area contributed by atoms with Crippen molar-refractivity contribution in [2.24, 2.45) is 0 Å². The standard InChI is InChI=1S/C10H17N3S2/c1-8-12-13-10(15-8)14-7-3-5-9-4-2-6-11-9/h9,11H,2-7H2,1H3. The summed E-state index contributed by atoms with van der Waals surface area (Å²) in [6.45, 7) is 3.22. The number of aromatic nitrogens is 2. The first-order chi connectivity index (χ1) is 7.34. The van der Waals surface area contributed by atoms with Crippen molar-refractivity contribution in [2.75, 3.05) is 12.3 Å². The van der Waals surface area contributed by atoms with E-state index in [-0.39, 0.29) is 0 Å². The average Bonchev–Trinajstić information content (AvgIpc) is 2.84. The number of aryl methyl sites for hydroxylation is 1. The van der Waals surface area contributed by atoms with Gasteiger partial charge in [0, 0.05) is 11.8 Å². The van der Waals surface area contributed by atoms with Crippen LogP contribution >= 0.6 is 23.1 Å². The second-order valence-electron chi connectivity index (χ2n) is 3.87. The Labute approximate surface area is 99.1 Å². The molecule has 1 fully saturated rings. The number of hydrogen-bond donors (Lipinski definition) is 1. The second kappa shape index (κ2) is 5.82. The van der Waals surface area contributed by atoms with E-state index in [1.807, 2.05) is 18.7 Å². The van der Waals surface area contributed by atoms with Crippen LogP contribution in [0.2, 0.25) is 0 Å². The molecule has 0 aromatic carbocycles. The van der Waals surface area contributed by atoms with Crippen LogP contribution in [-0.4, -0.2) is 28.5 Å². The lowest BCUT2D eigenvalue weighted by Gasteiger charge is -2.08. The maximum Gasteiger partial charge on any atom is 0.174 e. The number of hydrogen-bond acceptors (Lipinski definition) is 5. The van der Waals surface area contributed by atoms with Gasteiger partial charge in [0.2, 0.25) is 0 Å². The summed E-state index contributed by atoms with van der Waals surface area (Å²) in [5.74, 6) is 1.17. The van der Waals surface area contributed by atoms with Gasteiger partial charge in [-0.05, 0) is 39.2 Å². The molecule has 1 aliphatic rings. The van der Waals surface area contributed by atoms with E-state index in [1.165, 1.54) is 38.0 Å². The van der Waals surface area contributed by atoms with Crippen molar-refractivity contribution in [1.29, 1.82) is 0 Å². The van der Waals surface area contributed by atoms with Crippen LogP contribution in [0.4, 0.5) is 0 Å². The fraction of sp³-hybridized carbons (Fsp3) is 0.800. The van der Waals surface area contributed by atoms with Gasteiger partial charge in [0.15, 0.2) is 4.34 Å².